The van der Waals surface area contributed by atoms with Crippen molar-refractivity contribution in [3.63, 3.8) is 0 Å². The van der Waals surface area contributed by atoms with Crippen LogP contribution < -0.4 is 11.0 Å². The van der Waals surface area contributed by atoms with Crippen molar-refractivity contribution in [3.05, 3.63) is 75.5 Å². The standard InChI is InChI=1S/C19H20N4O/c1-12-7-5-8-13(2)16(12)21-18-20-11-23(19(24)22-18)17-14(3)9-6-10-15(17)4/h5-11H,1-4H3,(H,21,22,24). The van der Waals surface area contributed by atoms with Crippen molar-refractivity contribution in [2.75, 3.05) is 5.32 Å². The van der Waals surface area contributed by atoms with Crippen LogP contribution in [0.5, 0.6) is 0 Å². The van der Waals surface area contributed by atoms with Gasteiger partial charge in [0.25, 0.3) is 0 Å². The van der Waals surface area contributed by atoms with E-state index < -0.39 is 0 Å². The Bertz CT molecular complexity index is 919. The maximum absolute atomic E-state index is 12.5. The van der Waals surface area contributed by atoms with E-state index >= 15 is 0 Å². The van der Waals surface area contributed by atoms with Crippen LogP contribution in [-0.4, -0.2) is 14.5 Å². The van der Waals surface area contributed by atoms with Crippen LogP contribution in [-0.2, 0) is 0 Å². The Morgan fingerprint density at radius 3 is 1.96 bits per heavy atom. The maximum Gasteiger partial charge on any atom is 0.356 e. The first-order valence-electron chi connectivity index (χ1n) is 7.83. The van der Waals surface area contributed by atoms with Gasteiger partial charge in [-0.25, -0.2) is 9.78 Å². The Hall–Kier alpha value is -2.95. The third kappa shape index (κ3) is 2.93. The molecular weight excluding hydrogens is 300 g/mol. The lowest BCUT2D eigenvalue weighted by Crippen LogP contribution is -2.24. The number of benzene rings is 2. The van der Waals surface area contributed by atoms with Crippen molar-refractivity contribution in [1.29, 1.82) is 0 Å². The van der Waals surface area contributed by atoms with Crippen LogP contribution >= 0.6 is 0 Å². The summed E-state index contributed by atoms with van der Waals surface area (Å²) in [6, 6.07) is 11.9. The molecule has 0 saturated carbocycles. The summed E-state index contributed by atoms with van der Waals surface area (Å²) < 4.78 is 1.49. The molecule has 3 rings (SSSR count). The van der Waals surface area contributed by atoms with E-state index in [2.05, 4.69) is 15.3 Å². The molecule has 2 aromatic carbocycles. The predicted molar refractivity (Wildman–Crippen MR) is 96.3 cm³/mol. The number of hydrogen-bond acceptors (Lipinski definition) is 4. The zero-order valence-corrected chi connectivity index (χ0v) is 14.3. The molecule has 0 aliphatic heterocycles. The fourth-order valence-electron chi connectivity index (χ4n) is 2.86. The van der Waals surface area contributed by atoms with Gasteiger partial charge in [0.15, 0.2) is 0 Å². The van der Waals surface area contributed by atoms with Crippen LogP contribution in [0.1, 0.15) is 22.3 Å². The summed E-state index contributed by atoms with van der Waals surface area (Å²) in [5, 5.41) is 3.15. The van der Waals surface area contributed by atoms with E-state index in [-0.39, 0.29) is 5.69 Å². The number of nitrogens with zero attached hydrogens (tertiary/aromatic N) is 3. The Morgan fingerprint density at radius 2 is 1.42 bits per heavy atom. The van der Waals surface area contributed by atoms with Gasteiger partial charge in [-0.1, -0.05) is 36.4 Å². The first kappa shape index (κ1) is 15.9. The molecule has 0 spiro atoms. The van der Waals surface area contributed by atoms with E-state index in [1.54, 1.807) is 0 Å². The molecule has 0 saturated heterocycles. The van der Waals surface area contributed by atoms with E-state index in [1.807, 2.05) is 64.1 Å². The Kier molecular flexibility index (Phi) is 4.16. The number of rotatable bonds is 3. The van der Waals surface area contributed by atoms with E-state index in [1.165, 1.54) is 10.9 Å². The van der Waals surface area contributed by atoms with Crippen molar-refractivity contribution in [1.82, 2.24) is 14.5 Å². The third-order valence-corrected chi connectivity index (χ3v) is 4.10. The molecule has 0 atom stereocenters. The molecular formula is C19H20N4O. The normalized spacial score (nSPS) is 10.7. The SMILES string of the molecule is Cc1cccc(C)c1Nc1ncn(-c2c(C)cccc2C)c(=O)n1. The zero-order valence-electron chi connectivity index (χ0n) is 14.3. The average Bonchev–Trinajstić information content (AvgIpc) is 2.53. The second kappa shape index (κ2) is 6.28. The van der Waals surface area contributed by atoms with E-state index in [4.69, 9.17) is 0 Å². The van der Waals surface area contributed by atoms with Crippen molar-refractivity contribution >= 4 is 11.6 Å². The minimum absolute atomic E-state index is 0.305. The molecule has 0 aliphatic rings. The number of hydrogen-bond donors (Lipinski definition) is 1. The summed E-state index contributed by atoms with van der Waals surface area (Å²) in [4.78, 5) is 20.9. The molecule has 24 heavy (non-hydrogen) atoms. The van der Waals surface area contributed by atoms with Crippen LogP contribution in [0.2, 0.25) is 0 Å². The minimum atomic E-state index is -0.351. The highest BCUT2D eigenvalue weighted by Gasteiger charge is 2.10. The smallest absolute Gasteiger partial charge is 0.324 e. The lowest BCUT2D eigenvalue weighted by molar-refractivity contribution is 0.853. The molecule has 0 radical (unpaired) electrons. The molecule has 0 amide bonds. The van der Waals surface area contributed by atoms with E-state index in [0.717, 1.165) is 33.6 Å². The van der Waals surface area contributed by atoms with Gasteiger partial charge in [0.1, 0.15) is 6.33 Å². The Labute approximate surface area is 141 Å². The summed E-state index contributed by atoms with van der Waals surface area (Å²) in [6.07, 6.45) is 1.53. The lowest BCUT2D eigenvalue weighted by Gasteiger charge is -2.13. The number of nitrogens with one attached hydrogen (secondary N) is 1. The van der Waals surface area contributed by atoms with Crippen LogP contribution in [0.15, 0.2) is 47.5 Å². The molecule has 0 unspecified atom stereocenters. The Balaban J connectivity index is 2.01. The average molecular weight is 320 g/mol. The highest BCUT2D eigenvalue weighted by molar-refractivity contribution is 5.62. The van der Waals surface area contributed by atoms with Gasteiger partial charge in [0.2, 0.25) is 5.95 Å². The lowest BCUT2D eigenvalue weighted by atomic mass is 10.1. The van der Waals surface area contributed by atoms with Crippen molar-refractivity contribution < 1.29 is 0 Å². The summed E-state index contributed by atoms with van der Waals surface area (Å²) >= 11 is 0. The van der Waals surface area contributed by atoms with Gasteiger partial charge in [-0.05, 0) is 49.9 Å². The molecule has 0 bridgehead atoms. The highest BCUT2D eigenvalue weighted by Crippen LogP contribution is 2.22. The van der Waals surface area contributed by atoms with Crippen LogP contribution in [0.3, 0.4) is 0 Å². The van der Waals surface area contributed by atoms with Crippen molar-refractivity contribution in [2.45, 2.75) is 27.7 Å². The first-order valence-corrected chi connectivity index (χ1v) is 7.83. The minimum Gasteiger partial charge on any atom is -0.324 e. The van der Waals surface area contributed by atoms with Crippen LogP contribution in [0.25, 0.3) is 5.69 Å². The number of aryl methyl sites for hydroxylation is 4. The topological polar surface area (TPSA) is 59.8 Å². The molecule has 1 heterocycles. The molecule has 3 aromatic rings. The van der Waals surface area contributed by atoms with E-state index in [9.17, 15) is 4.79 Å². The van der Waals surface area contributed by atoms with Gasteiger partial charge in [-0.15, -0.1) is 0 Å². The molecule has 5 heteroatoms. The fraction of sp³-hybridized carbons (Fsp3) is 0.211. The molecule has 1 N–H and O–H groups in total. The number of aromatic nitrogens is 3. The molecule has 1 aromatic heterocycles. The second-order valence-electron chi connectivity index (χ2n) is 5.96. The van der Waals surface area contributed by atoms with Gasteiger partial charge in [0.05, 0.1) is 5.69 Å². The van der Waals surface area contributed by atoms with Gasteiger partial charge in [-0.2, -0.15) is 4.98 Å². The molecule has 122 valence electrons. The van der Waals surface area contributed by atoms with Gasteiger partial charge in [-0.3, -0.25) is 4.57 Å². The molecule has 0 aliphatic carbocycles. The van der Waals surface area contributed by atoms with Crippen LogP contribution in [0, 0.1) is 27.7 Å². The quantitative estimate of drug-likeness (QED) is 0.801. The second-order valence-corrected chi connectivity index (χ2v) is 5.96. The predicted octanol–water partition coefficient (Wildman–Crippen LogP) is 3.60. The monoisotopic (exact) mass is 320 g/mol. The number of anilines is 2. The summed E-state index contributed by atoms with van der Waals surface area (Å²) in [6.45, 7) is 7.95. The largest absolute Gasteiger partial charge is 0.356 e. The zero-order chi connectivity index (χ0) is 17.3. The van der Waals surface area contributed by atoms with Gasteiger partial charge >= 0.3 is 5.69 Å². The van der Waals surface area contributed by atoms with Crippen molar-refractivity contribution in [3.8, 4) is 5.69 Å². The first-order chi connectivity index (χ1) is 11.5. The molecule has 0 fully saturated rings. The summed E-state index contributed by atoms with van der Waals surface area (Å²) in [5.74, 6) is 0.305. The Morgan fingerprint density at radius 1 is 0.875 bits per heavy atom. The number of para-hydroxylation sites is 2. The van der Waals surface area contributed by atoms with E-state index in [0.29, 0.717) is 5.95 Å². The van der Waals surface area contributed by atoms with Crippen molar-refractivity contribution in [2.24, 2.45) is 0 Å². The summed E-state index contributed by atoms with van der Waals surface area (Å²) in [5.41, 5.74) is 5.60. The maximum atomic E-state index is 12.5. The van der Waals surface area contributed by atoms with Gasteiger partial charge in [0, 0.05) is 5.69 Å². The third-order valence-electron chi connectivity index (χ3n) is 4.10. The van der Waals surface area contributed by atoms with Crippen LogP contribution in [0.4, 0.5) is 11.6 Å². The van der Waals surface area contributed by atoms with Gasteiger partial charge < -0.3 is 5.32 Å². The molecule has 5 nitrogen and oxygen atoms in total. The highest BCUT2D eigenvalue weighted by atomic mass is 16.1. The fourth-order valence-corrected chi connectivity index (χ4v) is 2.86. The summed E-state index contributed by atoms with van der Waals surface area (Å²) in [7, 11) is 0.